The maximum absolute atomic E-state index is 4.95. The number of rotatable bonds is 4. The zero-order valence-electron chi connectivity index (χ0n) is 4.68. The number of hydrogen-bond acceptors (Lipinski definition) is 2. The highest BCUT2D eigenvalue weighted by Gasteiger charge is 1.82. The lowest BCUT2D eigenvalue weighted by molar-refractivity contribution is 0.440. The fourth-order valence-corrected chi connectivity index (χ4v) is 1.75. The van der Waals surface area contributed by atoms with E-state index in [1.807, 2.05) is 0 Å². The first-order valence-electron chi connectivity index (χ1n) is 2.51. The van der Waals surface area contributed by atoms with Crippen LogP contribution in [0.2, 0.25) is 6.04 Å². The van der Waals surface area contributed by atoms with E-state index >= 15 is 0 Å². The first-order chi connectivity index (χ1) is 3.41. The second kappa shape index (κ2) is 6.53. The molecule has 0 spiro atoms. The average Bonchev–Trinajstić information content (AvgIpc) is 1.69. The molecular formula is C4H12OSSi. The maximum atomic E-state index is 4.95. The van der Waals surface area contributed by atoms with Crippen molar-refractivity contribution in [1.82, 2.24) is 0 Å². The van der Waals surface area contributed by atoms with Gasteiger partial charge in [-0.2, -0.15) is 12.6 Å². The summed E-state index contributed by atoms with van der Waals surface area (Å²) in [6.07, 6.45) is 1.23. The first-order valence-corrected chi connectivity index (χ1v) is 4.72. The van der Waals surface area contributed by atoms with Gasteiger partial charge in [-0.25, -0.2) is 0 Å². The highest BCUT2D eigenvalue weighted by molar-refractivity contribution is 7.80. The van der Waals surface area contributed by atoms with Gasteiger partial charge in [0.1, 0.15) is 0 Å². The molecule has 0 atom stereocenters. The number of hydrogen-bond donors (Lipinski definition) is 1. The SMILES string of the molecule is CO[SiH2]CCCS. The quantitative estimate of drug-likeness (QED) is 0.335. The molecule has 0 amide bonds. The Morgan fingerprint density at radius 1 is 1.71 bits per heavy atom. The van der Waals surface area contributed by atoms with Gasteiger partial charge in [0, 0.05) is 7.11 Å². The summed E-state index contributed by atoms with van der Waals surface area (Å²) in [6, 6.07) is 1.28. The van der Waals surface area contributed by atoms with Gasteiger partial charge in [-0.3, -0.25) is 0 Å². The minimum absolute atomic E-state index is 0.138. The van der Waals surface area contributed by atoms with Gasteiger partial charge < -0.3 is 4.43 Å². The van der Waals surface area contributed by atoms with Gasteiger partial charge in [-0.1, -0.05) is 0 Å². The predicted molar refractivity (Wildman–Crippen MR) is 38.8 cm³/mol. The van der Waals surface area contributed by atoms with Gasteiger partial charge in [-0.05, 0) is 18.2 Å². The molecule has 0 bridgehead atoms. The second-order valence-electron chi connectivity index (χ2n) is 1.42. The lowest BCUT2D eigenvalue weighted by Crippen LogP contribution is -1.91. The monoisotopic (exact) mass is 136 g/mol. The molecule has 0 aromatic carbocycles. The van der Waals surface area contributed by atoms with E-state index < -0.39 is 0 Å². The molecule has 0 heterocycles. The molecule has 44 valence electrons. The average molecular weight is 136 g/mol. The van der Waals surface area contributed by atoms with Gasteiger partial charge in [0.05, 0.1) is 0 Å². The molecule has 0 aromatic heterocycles. The molecular weight excluding hydrogens is 124 g/mol. The Balaban J connectivity index is 2.45. The van der Waals surface area contributed by atoms with E-state index in [0.29, 0.717) is 0 Å². The topological polar surface area (TPSA) is 9.23 Å². The van der Waals surface area contributed by atoms with Crippen LogP contribution in [0.25, 0.3) is 0 Å². The predicted octanol–water partition coefficient (Wildman–Crippen LogP) is 0.455. The van der Waals surface area contributed by atoms with Gasteiger partial charge in [0.15, 0.2) is 9.76 Å². The molecule has 0 N–H and O–H groups in total. The third-order valence-electron chi connectivity index (χ3n) is 0.757. The van der Waals surface area contributed by atoms with Crippen LogP contribution in [0, 0.1) is 0 Å². The van der Waals surface area contributed by atoms with Crippen LogP contribution in [0.15, 0.2) is 0 Å². The molecule has 0 saturated carbocycles. The van der Waals surface area contributed by atoms with Crippen LogP contribution in [-0.4, -0.2) is 22.6 Å². The molecule has 1 nitrogen and oxygen atoms in total. The van der Waals surface area contributed by atoms with E-state index in [9.17, 15) is 0 Å². The van der Waals surface area contributed by atoms with Crippen molar-refractivity contribution in [3.63, 3.8) is 0 Å². The minimum Gasteiger partial charge on any atom is -0.427 e. The summed E-state index contributed by atoms with van der Waals surface area (Å²) in [5.41, 5.74) is 0. The molecule has 0 rings (SSSR count). The van der Waals surface area contributed by atoms with Crippen molar-refractivity contribution in [1.29, 1.82) is 0 Å². The fourth-order valence-electron chi connectivity index (χ4n) is 0.358. The lowest BCUT2D eigenvalue weighted by Gasteiger charge is -1.91. The molecule has 0 aromatic rings. The largest absolute Gasteiger partial charge is 0.427 e. The van der Waals surface area contributed by atoms with Crippen LogP contribution in [0.5, 0.6) is 0 Å². The molecule has 0 aliphatic rings. The lowest BCUT2D eigenvalue weighted by atomic mass is 10.6. The van der Waals surface area contributed by atoms with Crippen LogP contribution in [0.3, 0.4) is 0 Å². The third kappa shape index (κ3) is 6.53. The summed E-state index contributed by atoms with van der Waals surface area (Å²) in [7, 11) is 1.64. The van der Waals surface area contributed by atoms with Gasteiger partial charge in [0.25, 0.3) is 0 Å². The van der Waals surface area contributed by atoms with Crippen molar-refractivity contribution in [2.24, 2.45) is 0 Å². The van der Waals surface area contributed by atoms with Crippen LogP contribution in [0.1, 0.15) is 6.42 Å². The van der Waals surface area contributed by atoms with Crippen LogP contribution >= 0.6 is 12.6 Å². The molecule has 0 radical (unpaired) electrons. The van der Waals surface area contributed by atoms with Crippen molar-refractivity contribution < 1.29 is 4.43 Å². The van der Waals surface area contributed by atoms with Crippen molar-refractivity contribution in [2.75, 3.05) is 12.9 Å². The Morgan fingerprint density at radius 2 is 2.43 bits per heavy atom. The third-order valence-corrected chi connectivity index (χ3v) is 2.27. The summed E-state index contributed by atoms with van der Waals surface area (Å²) in [5, 5.41) is 0. The second-order valence-corrected chi connectivity index (χ2v) is 3.56. The van der Waals surface area contributed by atoms with Gasteiger partial charge >= 0.3 is 0 Å². The highest BCUT2D eigenvalue weighted by Crippen LogP contribution is 1.89. The van der Waals surface area contributed by atoms with Crippen molar-refractivity contribution >= 4 is 22.4 Å². The highest BCUT2D eigenvalue weighted by atomic mass is 32.1. The molecule has 3 heteroatoms. The van der Waals surface area contributed by atoms with Crippen LogP contribution < -0.4 is 0 Å². The normalized spacial score (nSPS) is 11.1. The van der Waals surface area contributed by atoms with Gasteiger partial charge in [0.2, 0.25) is 0 Å². The Labute approximate surface area is 52.8 Å². The van der Waals surface area contributed by atoms with Crippen molar-refractivity contribution in [3.05, 3.63) is 0 Å². The van der Waals surface area contributed by atoms with E-state index in [-0.39, 0.29) is 9.76 Å². The summed E-state index contributed by atoms with van der Waals surface area (Å²) < 4.78 is 4.95. The molecule has 0 aliphatic carbocycles. The summed E-state index contributed by atoms with van der Waals surface area (Å²) >= 11 is 4.06. The van der Waals surface area contributed by atoms with E-state index in [0.717, 1.165) is 5.75 Å². The Morgan fingerprint density at radius 3 is 2.86 bits per heavy atom. The Hall–Kier alpha value is 0.527. The molecule has 0 saturated heterocycles. The summed E-state index contributed by atoms with van der Waals surface area (Å²) in [6.45, 7) is 0. The molecule has 0 aliphatic heterocycles. The fraction of sp³-hybridized carbons (Fsp3) is 1.00. The van der Waals surface area contributed by atoms with Crippen LogP contribution in [0.4, 0.5) is 0 Å². The maximum Gasteiger partial charge on any atom is 0.161 e. The van der Waals surface area contributed by atoms with Crippen LogP contribution in [-0.2, 0) is 4.43 Å². The van der Waals surface area contributed by atoms with Gasteiger partial charge in [-0.15, -0.1) is 0 Å². The van der Waals surface area contributed by atoms with Crippen molar-refractivity contribution in [2.45, 2.75) is 12.5 Å². The minimum atomic E-state index is -0.138. The standard InChI is InChI=1S/C4H12OSSi/c1-5-7-4-2-3-6/h6H,2-4,7H2,1H3. The molecule has 0 unspecified atom stereocenters. The van der Waals surface area contributed by atoms with E-state index in [4.69, 9.17) is 4.43 Å². The first kappa shape index (κ1) is 7.53. The molecule has 0 fully saturated rings. The van der Waals surface area contributed by atoms with E-state index in [1.165, 1.54) is 12.5 Å². The Kier molecular flexibility index (Phi) is 7.02. The van der Waals surface area contributed by atoms with E-state index in [2.05, 4.69) is 12.6 Å². The zero-order valence-corrected chi connectivity index (χ0v) is 6.99. The Bertz CT molecular complexity index is 30.9. The zero-order chi connectivity index (χ0) is 5.54. The summed E-state index contributed by atoms with van der Waals surface area (Å²) in [5.74, 6) is 1.01. The number of thiol groups is 1. The van der Waals surface area contributed by atoms with Crippen molar-refractivity contribution in [3.8, 4) is 0 Å². The smallest absolute Gasteiger partial charge is 0.161 e. The molecule has 7 heavy (non-hydrogen) atoms. The van der Waals surface area contributed by atoms with E-state index in [1.54, 1.807) is 7.11 Å². The summed E-state index contributed by atoms with van der Waals surface area (Å²) in [4.78, 5) is 0.